The van der Waals surface area contributed by atoms with E-state index >= 15 is 0 Å². The van der Waals surface area contributed by atoms with Crippen LogP contribution in [0.3, 0.4) is 0 Å². The molecule has 1 atom stereocenters. The summed E-state index contributed by atoms with van der Waals surface area (Å²) in [7, 11) is -3.81. The normalized spacial score (nSPS) is 15.1. The molecule has 0 spiro atoms. The lowest BCUT2D eigenvalue weighted by Gasteiger charge is -2.32. The quantitative estimate of drug-likeness (QED) is 0.560. The summed E-state index contributed by atoms with van der Waals surface area (Å²) in [5.74, 6) is -0.725. The Kier molecular flexibility index (Phi) is 8.60. The maximum Gasteiger partial charge on any atom is 0.244 e. The van der Waals surface area contributed by atoms with E-state index in [-0.39, 0.29) is 29.2 Å². The molecule has 34 heavy (non-hydrogen) atoms. The minimum absolute atomic E-state index is 0.113. The molecule has 1 aliphatic rings. The van der Waals surface area contributed by atoms with Crippen LogP contribution < -0.4 is 9.62 Å². The predicted molar refractivity (Wildman–Crippen MR) is 135 cm³/mol. The first-order chi connectivity index (χ1) is 16.1. The zero-order chi connectivity index (χ0) is 24.9. The highest BCUT2D eigenvalue weighted by Crippen LogP contribution is 2.27. The van der Waals surface area contributed by atoms with Crippen molar-refractivity contribution in [3.8, 4) is 0 Å². The lowest BCUT2D eigenvalue weighted by atomic mass is 10.1. The van der Waals surface area contributed by atoms with Gasteiger partial charge in [-0.3, -0.25) is 13.9 Å². The molecule has 1 fully saturated rings. The summed E-state index contributed by atoms with van der Waals surface area (Å²) in [5, 5.41) is 3.27. The van der Waals surface area contributed by atoms with Gasteiger partial charge in [0.05, 0.1) is 17.0 Å². The van der Waals surface area contributed by atoms with E-state index in [1.54, 1.807) is 31.2 Å². The summed E-state index contributed by atoms with van der Waals surface area (Å²) in [6.07, 6.45) is 5.04. The van der Waals surface area contributed by atoms with Crippen LogP contribution in [0, 0.1) is 6.92 Å². The molecule has 9 heteroatoms. The van der Waals surface area contributed by atoms with Crippen LogP contribution in [0.4, 0.5) is 5.69 Å². The molecule has 0 unspecified atom stereocenters. The van der Waals surface area contributed by atoms with Crippen LogP contribution in [0.2, 0.25) is 5.02 Å². The maximum atomic E-state index is 13.6. The highest BCUT2D eigenvalue weighted by Gasteiger charge is 2.31. The molecule has 3 rings (SSSR count). The number of rotatable bonds is 9. The lowest BCUT2D eigenvalue weighted by Crippen LogP contribution is -2.52. The van der Waals surface area contributed by atoms with E-state index in [1.165, 1.54) is 4.90 Å². The zero-order valence-electron chi connectivity index (χ0n) is 19.8. The molecule has 2 aromatic carbocycles. The Balaban J connectivity index is 1.89. The van der Waals surface area contributed by atoms with Crippen LogP contribution in [-0.4, -0.2) is 50.0 Å². The van der Waals surface area contributed by atoms with Gasteiger partial charge in [-0.05, 0) is 44.4 Å². The highest BCUT2D eigenvalue weighted by molar-refractivity contribution is 7.92. The molecular formula is C25H32ClN3O4S. The van der Waals surface area contributed by atoms with Crippen molar-refractivity contribution in [3.05, 3.63) is 64.7 Å². The van der Waals surface area contributed by atoms with E-state index in [4.69, 9.17) is 11.6 Å². The fraction of sp³-hybridized carbons (Fsp3) is 0.440. The van der Waals surface area contributed by atoms with Gasteiger partial charge >= 0.3 is 0 Å². The second kappa shape index (κ2) is 11.2. The van der Waals surface area contributed by atoms with E-state index in [9.17, 15) is 18.0 Å². The summed E-state index contributed by atoms with van der Waals surface area (Å²) < 4.78 is 26.2. The van der Waals surface area contributed by atoms with Crippen molar-refractivity contribution in [2.75, 3.05) is 17.1 Å². The number of benzene rings is 2. The van der Waals surface area contributed by atoms with Gasteiger partial charge in [0.15, 0.2) is 0 Å². The number of carbonyl (C=O) groups excluding carboxylic acids is 2. The second-order valence-corrected chi connectivity index (χ2v) is 11.2. The summed E-state index contributed by atoms with van der Waals surface area (Å²) in [4.78, 5) is 28.0. The summed E-state index contributed by atoms with van der Waals surface area (Å²) >= 11 is 6.25. The maximum absolute atomic E-state index is 13.6. The first-order valence-electron chi connectivity index (χ1n) is 11.4. The zero-order valence-corrected chi connectivity index (χ0v) is 21.4. The van der Waals surface area contributed by atoms with E-state index in [0.29, 0.717) is 0 Å². The number of hydrogen-bond donors (Lipinski definition) is 1. The van der Waals surface area contributed by atoms with Gasteiger partial charge in [-0.2, -0.15) is 0 Å². The Hall–Kier alpha value is -2.58. The van der Waals surface area contributed by atoms with Crippen LogP contribution in [0.25, 0.3) is 0 Å². The van der Waals surface area contributed by atoms with Gasteiger partial charge in [-0.1, -0.05) is 66.4 Å². The van der Waals surface area contributed by atoms with Crippen molar-refractivity contribution >= 4 is 39.1 Å². The Morgan fingerprint density at radius 2 is 1.79 bits per heavy atom. The summed E-state index contributed by atoms with van der Waals surface area (Å²) in [6.45, 7) is 3.35. The third kappa shape index (κ3) is 6.73. The topological polar surface area (TPSA) is 86.8 Å². The molecule has 7 nitrogen and oxygen atoms in total. The molecule has 0 aliphatic heterocycles. The van der Waals surface area contributed by atoms with Crippen molar-refractivity contribution in [2.24, 2.45) is 0 Å². The fourth-order valence-electron chi connectivity index (χ4n) is 4.23. The van der Waals surface area contributed by atoms with Crippen LogP contribution in [0.15, 0.2) is 48.5 Å². The van der Waals surface area contributed by atoms with Gasteiger partial charge in [0.25, 0.3) is 0 Å². The van der Waals surface area contributed by atoms with Crippen molar-refractivity contribution in [2.45, 2.75) is 58.2 Å². The molecular weight excluding hydrogens is 474 g/mol. The molecule has 184 valence electrons. The Morgan fingerprint density at radius 3 is 2.41 bits per heavy atom. The van der Waals surface area contributed by atoms with E-state index in [2.05, 4.69) is 5.32 Å². The van der Waals surface area contributed by atoms with Crippen LogP contribution >= 0.6 is 11.6 Å². The van der Waals surface area contributed by atoms with Crippen LogP contribution in [0.5, 0.6) is 0 Å². The molecule has 0 heterocycles. The number of nitrogens with one attached hydrogen (secondary N) is 1. The molecule has 2 amide bonds. The van der Waals surface area contributed by atoms with Gasteiger partial charge in [0.2, 0.25) is 21.8 Å². The number of halogens is 1. The first kappa shape index (κ1) is 26.0. The average Bonchev–Trinajstić information content (AvgIpc) is 3.28. The van der Waals surface area contributed by atoms with E-state index in [0.717, 1.165) is 47.4 Å². The minimum atomic E-state index is -3.81. The fourth-order valence-corrected chi connectivity index (χ4v) is 5.38. The monoisotopic (exact) mass is 505 g/mol. The SMILES string of the molecule is Cc1cccc(CN(C(=O)CN(c2ccccc2Cl)S(C)(=O)=O)[C@H](C)C(=O)NC2CCCC2)c1. The Labute approximate surface area is 207 Å². The minimum Gasteiger partial charge on any atom is -0.352 e. The molecule has 1 N–H and O–H groups in total. The predicted octanol–water partition coefficient (Wildman–Crippen LogP) is 3.89. The van der Waals surface area contributed by atoms with E-state index < -0.39 is 28.5 Å². The van der Waals surface area contributed by atoms with Gasteiger partial charge in [-0.25, -0.2) is 8.42 Å². The van der Waals surface area contributed by atoms with E-state index in [1.807, 2.05) is 31.2 Å². The molecule has 2 aromatic rings. The number of hydrogen-bond acceptors (Lipinski definition) is 4. The third-order valence-electron chi connectivity index (χ3n) is 6.10. The molecule has 1 saturated carbocycles. The molecule has 0 bridgehead atoms. The number of carbonyl (C=O) groups is 2. The second-order valence-electron chi connectivity index (χ2n) is 8.90. The summed E-state index contributed by atoms with van der Waals surface area (Å²) in [5.41, 5.74) is 2.11. The standard InChI is InChI=1S/C25H32ClN3O4S/c1-18-9-8-10-20(15-18)16-28(19(2)25(31)27-21-11-4-5-12-21)24(30)17-29(34(3,32)33)23-14-7-6-13-22(23)26/h6-10,13-15,19,21H,4-5,11-12,16-17H2,1-3H3,(H,27,31)/t19-/m1/s1. The van der Waals surface area contributed by atoms with Crippen LogP contribution in [0.1, 0.15) is 43.7 Å². The number of aryl methyl sites for hydroxylation is 1. The third-order valence-corrected chi connectivity index (χ3v) is 7.55. The Morgan fingerprint density at radius 1 is 1.12 bits per heavy atom. The number of amides is 2. The lowest BCUT2D eigenvalue weighted by molar-refractivity contribution is -0.139. The van der Waals surface area contributed by atoms with Gasteiger partial charge in [0.1, 0.15) is 12.6 Å². The molecule has 0 radical (unpaired) electrons. The molecule has 0 saturated heterocycles. The average molecular weight is 506 g/mol. The Bertz CT molecular complexity index is 1130. The molecule has 0 aromatic heterocycles. The van der Waals surface area contributed by atoms with Crippen molar-refractivity contribution in [1.29, 1.82) is 0 Å². The van der Waals surface area contributed by atoms with Gasteiger partial charge < -0.3 is 10.2 Å². The molecule has 1 aliphatic carbocycles. The largest absolute Gasteiger partial charge is 0.352 e. The first-order valence-corrected chi connectivity index (χ1v) is 13.7. The number of para-hydroxylation sites is 1. The summed E-state index contributed by atoms with van der Waals surface area (Å²) in [6, 6.07) is 13.5. The van der Waals surface area contributed by atoms with Gasteiger partial charge in [-0.15, -0.1) is 0 Å². The number of nitrogens with zero attached hydrogens (tertiary/aromatic N) is 2. The van der Waals surface area contributed by atoms with Gasteiger partial charge in [0, 0.05) is 12.6 Å². The number of sulfonamides is 1. The smallest absolute Gasteiger partial charge is 0.244 e. The number of anilines is 1. The van der Waals surface area contributed by atoms with Crippen molar-refractivity contribution < 1.29 is 18.0 Å². The van der Waals surface area contributed by atoms with Crippen LogP contribution in [-0.2, 0) is 26.2 Å². The highest BCUT2D eigenvalue weighted by atomic mass is 35.5. The van der Waals surface area contributed by atoms with Crippen molar-refractivity contribution in [1.82, 2.24) is 10.2 Å². The van der Waals surface area contributed by atoms with Crippen molar-refractivity contribution in [3.63, 3.8) is 0 Å².